The number of ether oxygens (including phenoxy) is 1. The Morgan fingerprint density at radius 3 is 2.50 bits per heavy atom. The Labute approximate surface area is 83.3 Å². The lowest BCUT2D eigenvalue weighted by atomic mass is 10.1. The van der Waals surface area contributed by atoms with Crippen LogP contribution in [-0.4, -0.2) is 24.3 Å². The monoisotopic (exact) mass is 194 g/mol. The van der Waals surface area contributed by atoms with Crippen LogP contribution in [0.25, 0.3) is 0 Å². The van der Waals surface area contributed by atoms with Gasteiger partial charge >= 0.3 is 5.97 Å². The largest absolute Gasteiger partial charge is 0.467 e. The molecule has 0 saturated heterocycles. The van der Waals surface area contributed by atoms with Gasteiger partial charge in [-0.25, -0.2) is 4.79 Å². The molecule has 3 nitrogen and oxygen atoms in total. The Morgan fingerprint density at radius 2 is 2.00 bits per heavy atom. The Balaban J connectivity index is 2.60. The number of rotatable bonds is 3. The summed E-state index contributed by atoms with van der Waals surface area (Å²) in [6, 6.07) is 7.67. The lowest BCUT2D eigenvalue weighted by Crippen LogP contribution is -2.24. The van der Waals surface area contributed by atoms with Crippen LogP contribution in [0.5, 0.6) is 0 Å². The van der Waals surface area contributed by atoms with Gasteiger partial charge in [0.2, 0.25) is 0 Å². The summed E-state index contributed by atoms with van der Waals surface area (Å²) in [6.07, 6.45) is -0.768. The van der Waals surface area contributed by atoms with Crippen LogP contribution >= 0.6 is 0 Å². The molecule has 1 aromatic rings. The van der Waals surface area contributed by atoms with Crippen LogP contribution in [0.2, 0.25) is 0 Å². The van der Waals surface area contributed by atoms with Gasteiger partial charge in [-0.05, 0) is 12.5 Å². The molecule has 0 aliphatic rings. The fraction of sp³-hybridized carbons (Fsp3) is 0.364. The van der Waals surface area contributed by atoms with Gasteiger partial charge in [0, 0.05) is 6.42 Å². The van der Waals surface area contributed by atoms with Crippen molar-refractivity contribution in [1.29, 1.82) is 0 Å². The minimum Gasteiger partial charge on any atom is -0.467 e. The van der Waals surface area contributed by atoms with Gasteiger partial charge in [0.1, 0.15) is 0 Å². The molecule has 0 fully saturated rings. The highest BCUT2D eigenvalue weighted by Gasteiger charge is 2.15. The fourth-order valence-corrected chi connectivity index (χ4v) is 1.17. The highest BCUT2D eigenvalue weighted by atomic mass is 16.5. The third kappa shape index (κ3) is 2.85. The van der Waals surface area contributed by atoms with Crippen LogP contribution in [0.1, 0.15) is 11.1 Å². The van der Waals surface area contributed by atoms with Gasteiger partial charge in [0.05, 0.1) is 7.11 Å². The number of aryl methyl sites for hydroxylation is 1. The highest BCUT2D eigenvalue weighted by molar-refractivity contribution is 5.74. The maximum Gasteiger partial charge on any atom is 0.335 e. The van der Waals surface area contributed by atoms with Crippen molar-refractivity contribution in [2.24, 2.45) is 0 Å². The van der Waals surface area contributed by atoms with Gasteiger partial charge in [0.15, 0.2) is 6.10 Å². The van der Waals surface area contributed by atoms with Gasteiger partial charge in [-0.15, -0.1) is 0 Å². The fourth-order valence-electron chi connectivity index (χ4n) is 1.17. The first-order valence-electron chi connectivity index (χ1n) is 4.45. The summed E-state index contributed by atoms with van der Waals surface area (Å²) >= 11 is 0. The Kier molecular flexibility index (Phi) is 3.65. The summed E-state index contributed by atoms with van der Waals surface area (Å²) < 4.78 is 4.42. The maximum absolute atomic E-state index is 10.9. The summed E-state index contributed by atoms with van der Waals surface area (Å²) in [4.78, 5) is 10.9. The number of aliphatic hydroxyl groups is 1. The van der Waals surface area contributed by atoms with Gasteiger partial charge in [-0.3, -0.25) is 0 Å². The lowest BCUT2D eigenvalue weighted by Gasteiger charge is -2.07. The van der Waals surface area contributed by atoms with Crippen molar-refractivity contribution in [2.75, 3.05) is 7.11 Å². The molecule has 0 radical (unpaired) electrons. The number of hydrogen-bond acceptors (Lipinski definition) is 3. The molecule has 76 valence electrons. The zero-order valence-electron chi connectivity index (χ0n) is 8.36. The van der Waals surface area contributed by atoms with E-state index in [0.717, 1.165) is 11.1 Å². The first-order valence-corrected chi connectivity index (χ1v) is 4.45. The van der Waals surface area contributed by atoms with Gasteiger partial charge in [-0.2, -0.15) is 0 Å². The predicted molar refractivity (Wildman–Crippen MR) is 52.9 cm³/mol. The Hall–Kier alpha value is -1.35. The highest BCUT2D eigenvalue weighted by Crippen LogP contribution is 2.06. The van der Waals surface area contributed by atoms with E-state index in [1.807, 2.05) is 31.2 Å². The number of carbonyl (C=O) groups excluding carboxylic acids is 1. The molecule has 0 aliphatic carbocycles. The minimum absolute atomic E-state index is 0.299. The maximum atomic E-state index is 10.9. The average molecular weight is 194 g/mol. The summed E-state index contributed by atoms with van der Waals surface area (Å²) in [5, 5.41) is 9.37. The van der Waals surface area contributed by atoms with Crippen molar-refractivity contribution in [3.05, 3.63) is 35.4 Å². The molecule has 1 rings (SSSR count). The Bertz CT molecular complexity index is 303. The Morgan fingerprint density at radius 1 is 1.43 bits per heavy atom. The summed E-state index contributed by atoms with van der Waals surface area (Å²) in [7, 11) is 1.26. The summed E-state index contributed by atoms with van der Waals surface area (Å²) in [5.41, 5.74) is 2.08. The van der Waals surface area contributed by atoms with Crippen molar-refractivity contribution in [2.45, 2.75) is 19.4 Å². The first-order chi connectivity index (χ1) is 6.63. The first kappa shape index (κ1) is 10.7. The van der Waals surface area contributed by atoms with Crippen LogP contribution in [0.4, 0.5) is 0 Å². The van der Waals surface area contributed by atoms with E-state index >= 15 is 0 Å². The third-order valence-electron chi connectivity index (χ3n) is 2.02. The van der Waals surface area contributed by atoms with Crippen molar-refractivity contribution in [1.82, 2.24) is 0 Å². The molecule has 3 heteroatoms. The second-order valence-electron chi connectivity index (χ2n) is 3.23. The molecule has 1 aromatic carbocycles. The van der Waals surface area contributed by atoms with E-state index in [4.69, 9.17) is 0 Å². The average Bonchev–Trinajstić information content (AvgIpc) is 2.20. The van der Waals surface area contributed by atoms with E-state index in [9.17, 15) is 9.90 Å². The zero-order valence-corrected chi connectivity index (χ0v) is 8.36. The quantitative estimate of drug-likeness (QED) is 0.732. The second-order valence-corrected chi connectivity index (χ2v) is 3.23. The summed E-state index contributed by atoms with van der Waals surface area (Å²) in [6.45, 7) is 1.99. The van der Waals surface area contributed by atoms with Gasteiger partial charge in [0.25, 0.3) is 0 Å². The molecule has 0 amide bonds. The zero-order chi connectivity index (χ0) is 10.6. The minimum atomic E-state index is -1.07. The molecule has 1 N–H and O–H groups in total. The number of hydrogen-bond donors (Lipinski definition) is 1. The van der Waals surface area contributed by atoms with Crippen molar-refractivity contribution < 1.29 is 14.6 Å². The van der Waals surface area contributed by atoms with Crippen molar-refractivity contribution >= 4 is 5.97 Å². The van der Waals surface area contributed by atoms with E-state index < -0.39 is 12.1 Å². The third-order valence-corrected chi connectivity index (χ3v) is 2.02. The summed E-state index contributed by atoms with van der Waals surface area (Å²) in [5.74, 6) is -0.592. The number of esters is 1. The smallest absolute Gasteiger partial charge is 0.335 e. The molecule has 0 heterocycles. The van der Waals surface area contributed by atoms with Crippen molar-refractivity contribution in [3.63, 3.8) is 0 Å². The van der Waals surface area contributed by atoms with Crippen LogP contribution in [0.15, 0.2) is 24.3 Å². The van der Waals surface area contributed by atoms with Crippen LogP contribution in [-0.2, 0) is 16.0 Å². The number of benzene rings is 1. The molecule has 0 aliphatic heterocycles. The molecule has 0 bridgehead atoms. The van der Waals surface area contributed by atoms with E-state index in [1.165, 1.54) is 7.11 Å². The van der Waals surface area contributed by atoms with E-state index in [0.29, 0.717) is 6.42 Å². The molecule has 0 saturated carbocycles. The number of methoxy groups -OCH3 is 1. The van der Waals surface area contributed by atoms with Crippen LogP contribution in [0, 0.1) is 6.92 Å². The van der Waals surface area contributed by atoms with Crippen LogP contribution in [0.3, 0.4) is 0 Å². The molecule has 14 heavy (non-hydrogen) atoms. The standard InChI is InChI=1S/C11H14O3/c1-8-3-5-9(6-4-8)7-10(12)11(13)14-2/h3-6,10,12H,7H2,1-2H3/t10-/m0/s1. The van der Waals surface area contributed by atoms with Crippen LogP contribution < -0.4 is 0 Å². The molecule has 0 unspecified atom stereocenters. The normalized spacial score (nSPS) is 12.2. The van der Waals surface area contributed by atoms with E-state index in [-0.39, 0.29) is 0 Å². The molecule has 0 spiro atoms. The molecular weight excluding hydrogens is 180 g/mol. The molecular formula is C11H14O3. The lowest BCUT2D eigenvalue weighted by molar-refractivity contribution is -0.150. The predicted octanol–water partition coefficient (Wildman–Crippen LogP) is 1.07. The van der Waals surface area contributed by atoms with E-state index in [2.05, 4.69) is 4.74 Å². The SMILES string of the molecule is COC(=O)[C@@H](O)Cc1ccc(C)cc1. The van der Waals surface area contributed by atoms with Crippen molar-refractivity contribution in [3.8, 4) is 0 Å². The van der Waals surface area contributed by atoms with Gasteiger partial charge < -0.3 is 9.84 Å². The molecule has 1 atom stereocenters. The number of aliphatic hydroxyl groups excluding tert-OH is 1. The topological polar surface area (TPSA) is 46.5 Å². The number of carbonyl (C=O) groups is 1. The van der Waals surface area contributed by atoms with E-state index in [1.54, 1.807) is 0 Å². The molecule has 0 aromatic heterocycles. The second kappa shape index (κ2) is 4.77. The van der Waals surface area contributed by atoms with Gasteiger partial charge in [-0.1, -0.05) is 29.8 Å².